The number of hydrogen-bond donors (Lipinski definition) is 2. The highest BCUT2D eigenvalue weighted by Crippen LogP contribution is 2.19. The van der Waals surface area contributed by atoms with Crippen LogP contribution in [0.4, 0.5) is 0 Å². The molecule has 0 aliphatic carbocycles. The molecular formula is C22H25N5OS. The number of H-pyrrole nitrogens is 1. The van der Waals surface area contributed by atoms with Crippen LogP contribution in [0.15, 0.2) is 60.0 Å². The van der Waals surface area contributed by atoms with E-state index in [1.165, 1.54) is 43.4 Å². The minimum atomic E-state index is -0.0459. The van der Waals surface area contributed by atoms with Gasteiger partial charge in [0.05, 0.1) is 0 Å². The van der Waals surface area contributed by atoms with E-state index in [4.69, 9.17) is 0 Å². The molecule has 2 heterocycles. The fourth-order valence-electron chi connectivity index (χ4n) is 3.51. The van der Waals surface area contributed by atoms with Crippen LogP contribution in [-0.2, 0) is 18.8 Å². The molecule has 6 nitrogen and oxygen atoms in total. The van der Waals surface area contributed by atoms with Crippen molar-refractivity contribution in [3.8, 4) is 0 Å². The maximum atomic E-state index is 12.6. The molecule has 0 radical (unpaired) electrons. The van der Waals surface area contributed by atoms with Gasteiger partial charge in [-0.1, -0.05) is 48.2 Å². The molecule has 0 spiro atoms. The Kier molecular flexibility index (Phi) is 6.59. The number of benzene rings is 2. The molecule has 1 aliphatic rings. The molecule has 1 saturated heterocycles. The summed E-state index contributed by atoms with van der Waals surface area (Å²) in [4.78, 5) is 19.2. The van der Waals surface area contributed by atoms with Gasteiger partial charge >= 0.3 is 0 Å². The number of carbonyl (C=O) groups excluding carboxylic acids is 1. The number of aromatic nitrogens is 3. The van der Waals surface area contributed by atoms with Crippen LogP contribution in [-0.4, -0.2) is 39.1 Å². The number of hydrogen-bond acceptors (Lipinski definition) is 5. The number of aromatic amines is 1. The smallest absolute Gasteiger partial charge is 0.251 e. The van der Waals surface area contributed by atoms with Crippen LogP contribution < -0.4 is 5.32 Å². The summed E-state index contributed by atoms with van der Waals surface area (Å²) < 4.78 is 0. The van der Waals surface area contributed by atoms with Crippen molar-refractivity contribution < 1.29 is 4.79 Å². The van der Waals surface area contributed by atoms with Gasteiger partial charge in [-0.2, -0.15) is 5.10 Å². The highest BCUT2D eigenvalue weighted by Gasteiger charge is 2.14. The Morgan fingerprint density at radius 3 is 2.55 bits per heavy atom. The summed E-state index contributed by atoms with van der Waals surface area (Å²) >= 11 is 1.58. The quantitative estimate of drug-likeness (QED) is 0.558. The summed E-state index contributed by atoms with van der Waals surface area (Å²) in [5.74, 6) is 0.733. The van der Waals surface area contributed by atoms with Gasteiger partial charge in [0.1, 0.15) is 6.33 Å². The van der Waals surface area contributed by atoms with E-state index >= 15 is 0 Å². The minimum Gasteiger partial charge on any atom is -0.348 e. The van der Waals surface area contributed by atoms with Crippen LogP contribution in [0.25, 0.3) is 0 Å². The van der Waals surface area contributed by atoms with Gasteiger partial charge < -0.3 is 5.32 Å². The van der Waals surface area contributed by atoms with E-state index < -0.39 is 0 Å². The van der Waals surface area contributed by atoms with Crippen LogP contribution >= 0.6 is 11.8 Å². The van der Waals surface area contributed by atoms with Crippen molar-refractivity contribution in [2.24, 2.45) is 0 Å². The fourth-order valence-corrected chi connectivity index (χ4v) is 4.25. The first-order valence-electron chi connectivity index (χ1n) is 9.92. The summed E-state index contributed by atoms with van der Waals surface area (Å²) in [6.07, 6.45) is 4.07. The van der Waals surface area contributed by atoms with Crippen LogP contribution in [0.2, 0.25) is 0 Å². The summed E-state index contributed by atoms with van der Waals surface area (Å²) in [5, 5.41) is 10.5. The molecule has 0 bridgehead atoms. The molecule has 1 aromatic heterocycles. The number of amides is 1. The standard InChI is InChI=1S/C22H25N5OS/c28-21(18-9-7-17(8-10-18)15-29-22-24-16-25-26-22)23-13-19-5-1-2-6-20(19)14-27-11-3-4-12-27/h1-2,5-10,16H,3-4,11-15H2,(H,23,28)(H,24,25,26). The zero-order valence-electron chi connectivity index (χ0n) is 16.3. The number of nitrogens with one attached hydrogen (secondary N) is 2. The van der Waals surface area contributed by atoms with E-state index in [0.29, 0.717) is 12.1 Å². The van der Waals surface area contributed by atoms with Crippen molar-refractivity contribution >= 4 is 17.7 Å². The lowest BCUT2D eigenvalue weighted by Crippen LogP contribution is -2.25. The molecule has 2 aromatic carbocycles. The van der Waals surface area contributed by atoms with E-state index in [0.717, 1.165) is 23.0 Å². The van der Waals surface area contributed by atoms with E-state index in [2.05, 4.69) is 43.6 Å². The van der Waals surface area contributed by atoms with Gasteiger partial charge in [-0.25, -0.2) is 4.98 Å². The number of likely N-dealkylation sites (tertiary alicyclic amines) is 1. The Labute approximate surface area is 175 Å². The van der Waals surface area contributed by atoms with E-state index in [1.807, 2.05) is 30.3 Å². The van der Waals surface area contributed by atoms with Crippen LogP contribution in [0.3, 0.4) is 0 Å². The zero-order valence-corrected chi connectivity index (χ0v) is 17.1. The second-order valence-corrected chi connectivity index (χ2v) is 8.17. The number of carbonyl (C=O) groups is 1. The van der Waals surface area contributed by atoms with Gasteiger partial charge in [-0.15, -0.1) is 0 Å². The van der Waals surface area contributed by atoms with Gasteiger partial charge in [0.2, 0.25) is 0 Å². The van der Waals surface area contributed by atoms with E-state index in [-0.39, 0.29) is 5.91 Å². The molecule has 29 heavy (non-hydrogen) atoms. The maximum absolute atomic E-state index is 12.6. The monoisotopic (exact) mass is 407 g/mol. The predicted molar refractivity (Wildman–Crippen MR) is 115 cm³/mol. The molecule has 0 unspecified atom stereocenters. The van der Waals surface area contributed by atoms with Crippen LogP contribution in [0.1, 0.15) is 39.9 Å². The normalized spacial score (nSPS) is 14.2. The first-order valence-corrected chi connectivity index (χ1v) is 10.9. The molecule has 1 fully saturated rings. The molecule has 0 atom stereocenters. The topological polar surface area (TPSA) is 73.9 Å². The van der Waals surface area contributed by atoms with Gasteiger partial charge in [-0.05, 0) is 54.8 Å². The van der Waals surface area contributed by atoms with Gasteiger partial charge in [0.25, 0.3) is 5.91 Å². The lowest BCUT2D eigenvalue weighted by molar-refractivity contribution is 0.0950. The second-order valence-electron chi connectivity index (χ2n) is 7.21. The van der Waals surface area contributed by atoms with Crippen molar-refractivity contribution in [2.75, 3.05) is 13.1 Å². The van der Waals surface area contributed by atoms with Crippen LogP contribution in [0, 0.1) is 0 Å². The minimum absolute atomic E-state index is 0.0459. The Hall–Kier alpha value is -2.64. The lowest BCUT2D eigenvalue weighted by Gasteiger charge is -2.17. The van der Waals surface area contributed by atoms with Gasteiger partial charge in [0.15, 0.2) is 5.16 Å². The Morgan fingerprint density at radius 2 is 1.83 bits per heavy atom. The molecule has 4 rings (SSSR count). The SMILES string of the molecule is O=C(NCc1ccccc1CN1CCCC1)c1ccc(CSc2ncn[nH]2)cc1. The summed E-state index contributed by atoms with van der Waals surface area (Å²) in [5.41, 5.74) is 4.30. The van der Waals surface area contributed by atoms with E-state index in [9.17, 15) is 4.79 Å². The molecule has 1 amide bonds. The highest BCUT2D eigenvalue weighted by atomic mass is 32.2. The third kappa shape index (κ3) is 5.46. The van der Waals surface area contributed by atoms with Gasteiger partial charge in [0, 0.05) is 24.4 Å². The highest BCUT2D eigenvalue weighted by molar-refractivity contribution is 7.98. The third-order valence-corrected chi connectivity index (χ3v) is 6.08. The molecule has 7 heteroatoms. The molecule has 3 aromatic rings. The third-order valence-electron chi connectivity index (χ3n) is 5.14. The summed E-state index contributed by atoms with van der Waals surface area (Å²) in [7, 11) is 0. The number of thioether (sulfide) groups is 1. The van der Waals surface area contributed by atoms with Crippen molar-refractivity contribution in [3.63, 3.8) is 0 Å². The molecule has 150 valence electrons. The first-order chi connectivity index (χ1) is 14.3. The Balaban J connectivity index is 1.31. The maximum Gasteiger partial charge on any atom is 0.251 e. The largest absolute Gasteiger partial charge is 0.348 e. The molecule has 1 aliphatic heterocycles. The average Bonchev–Trinajstić information content (AvgIpc) is 3.46. The fraction of sp³-hybridized carbons (Fsp3) is 0.318. The summed E-state index contributed by atoms with van der Waals surface area (Å²) in [6.45, 7) is 3.85. The van der Waals surface area contributed by atoms with Crippen molar-refractivity contribution in [3.05, 3.63) is 77.1 Å². The van der Waals surface area contributed by atoms with Crippen molar-refractivity contribution in [2.45, 2.75) is 36.8 Å². The van der Waals surface area contributed by atoms with E-state index in [1.54, 1.807) is 11.8 Å². The lowest BCUT2D eigenvalue weighted by atomic mass is 10.1. The zero-order chi connectivity index (χ0) is 19.9. The number of nitrogens with zero attached hydrogens (tertiary/aromatic N) is 3. The Bertz CT molecular complexity index is 921. The second kappa shape index (κ2) is 9.71. The molecule has 2 N–H and O–H groups in total. The molecule has 0 saturated carbocycles. The average molecular weight is 408 g/mol. The van der Waals surface area contributed by atoms with Gasteiger partial charge in [-0.3, -0.25) is 14.8 Å². The predicted octanol–water partition coefficient (Wildman–Crippen LogP) is 3.62. The van der Waals surface area contributed by atoms with Crippen molar-refractivity contribution in [1.29, 1.82) is 0 Å². The molecular weight excluding hydrogens is 382 g/mol. The summed E-state index contributed by atoms with van der Waals surface area (Å²) in [6, 6.07) is 16.1. The first kappa shape index (κ1) is 19.7. The Morgan fingerprint density at radius 1 is 1.07 bits per heavy atom. The van der Waals surface area contributed by atoms with Crippen molar-refractivity contribution in [1.82, 2.24) is 25.4 Å². The number of rotatable bonds is 8. The van der Waals surface area contributed by atoms with Crippen LogP contribution in [0.5, 0.6) is 0 Å².